The molecule has 13 heteroatoms. The smallest absolute Gasteiger partial charge is 0.336 e. The molecule has 0 saturated carbocycles. The highest BCUT2D eigenvalue weighted by atomic mass is 35.5. The first-order chi connectivity index (χ1) is 20.1. The molecule has 1 aliphatic heterocycles. The van der Waals surface area contributed by atoms with Crippen LogP contribution in [0, 0.1) is 5.41 Å². The molecule has 0 atom stereocenters. The van der Waals surface area contributed by atoms with Crippen LogP contribution in [-0.4, -0.2) is 79.7 Å². The first-order valence-electron chi connectivity index (χ1n) is 14.0. The predicted molar refractivity (Wildman–Crippen MR) is 181 cm³/mol. The molecule has 4 rings (SSSR count). The molecule has 3 heterocycles. The molecule has 1 aliphatic rings. The molecule has 1 aromatic carbocycles. The molecule has 0 radical (unpaired) electrons. The van der Waals surface area contributed by atoms with E-state index in [0.717, 1.165) is 38.3 Å². The Balaban J connectivity index is 0.000000841. The molecular weight excluding hydrogens is 625 g/mol. The van der Waals surface area contributed by atoms with Gasteiger partial charge in [-0.25, -0.2) is 4.79 Å². The lowest BCUT2D eigenvalue weighted by Gasteiger charge is -2.27. The summed E-state index contributed by atoms with van der Waals surface area (Å²) in [6.07, 6.45) is 4.51. The zero-order valence-electron chi connectivity index (χ0n) is 25.8. The van der Waals surface area contributed by atoms with Crippen molar-refractivity contribution in [3.63, 3.8) is 0 Å². The fraction of sp³-hybridized carbons (Fsp3) is 0.419. The number of aromatic carboxylic acids is 1. The highest BCUT2D eigenvalue weighted by molar-refractivity contribution is 7.08. The van der Waals surface area contributed by atoms with Crippen molar-refractivity contribution in [2.75, 3.05) is 56.7 Å². The molecule has 44 heavy (non-hydrogen) atoms. The number of amides is 2. The fourth-order valence-electron chi connectivity index (χ4n) is 4.62. The number of thiophene rings is 1. The van der Waals surface area contributed by atoms with E-state index in [1.54, 1.807) is 47.5 Å². The molecule has 2 aromatic heterocycles. The van der Waals surface area contributed by atoms with Gasteiger partial charge in [0.05, 0.1) is 23.5 Å². The number of aromatic nitrogens is 1. The van der Waals surface area contributed by atoms with E-state index in [1.807, 2.05) is 56.7 Å². The number of fused-ring (bicyclic) bond motifs is 1. The van der Waals surface area contributed by atoms with Crippen LogP contribution < -0.4 is 19.9 Å². The third kappa shape index (κ3) is 10.2. The maximum absolute atomic E-state index is 13.0. The van der Waals surface area contributed by atoms with Crippen LogP contribution >= 0.6 is 36.2 Å². The number of pyridine rings is 1. The van der Waals surface area contributed by atoms with E-state index in [-0.39, 0.29) is 36.6 Å². The molecule has 0 unspecified atom stereocenters. The first-order valence-corrected chi connectivity index (χ1v) is 14.9. The van der Waals surface area contributed by atoms with Gasteiger partial charge in [0.25, 0.3) is 0 Å². The average Bonchev–Trinajstić information content (AvgIpc) is 3.53. The largest absolute Gasteiger partial charge is 0.493 e. The van der Waals surface area contributed by atoms with E-state index in [2.05, 4.69) is 15.2 Å². The zero-order chi connectivity index (χ0) is 30.7. The van der Waals surface area contributed by atoms with E-state index < -0.39 is 11.4 Å². The van der Waals surface area contributed by atoms with Crippen LogP contribution in [0.15, 0.2) is 59.6 Å². The minimum absolute atomic E-state index is 0. The van der Waals surface area contributed by atoms with Gasteiger partial charge >= 0.3 is 5.97 Å². The second kappa shape index (κ2) is 18.6. The summed E-state index contributed by atoms with van der Waals surface area (Å²) in [5.74, 6) is -0.568. The van der Waals surface area contributed by atoms with Gasteiger partial charge in [-0.3, -0.25) is 19.5 Å². The summed E-state index contributed by atoms with van der Waals surface area (Å²) in [5.41, 5.74) is 1.92. The normalized spacial score (nSPS) is 13.6. The summed E-state index contributed by atoms with van der Waals surface area (Å²) in [4.78, 5) is 45.8. The molecule has 2 amide bonds. The second-order valence-electron chi connectivity index (χ2n) is 10.4. The van der Waals surface area contributed by atoms with Crippen molar-refractivity contribution in [3.8, 4) is 5.75 Å². The van der Waals surface area contributed by atoms with Gasteiger partial charge in [-0.15, -0.1) is 24.8 Å². The summed E-state index contributed by atoms with van der Waals surface area (Å²) in [6.45, 7) is 9.98. The van der Waals surface area contributed by atoms with E-state index in [4.69, 9.17) is 9.84 Å². The number of carbonyl (C=O) groups is 3. The van der Waals surface area contributed by atoms with Crippen LogP contribution in [0.25, 0.3) is 0 Å². The van der Waals surface area contributed by atoms with Crippen molar-refractivity contribution in [3.05, 3.63) is 70.7 Å². The number of benzene rings is 1. The van der Waals surface area contributed by atoms with Crippen molar-refractivity contribution in [1.82, 2.24) is 15.2 Å². The average molecular weight is 669 g/mol. The number of anilines is 2. The highest BCUT2D eigenvalue weighted by Crippen LogP contribution is 2.40. The van der Waals surface area contributed by atoms with Gasteiger partial charge < -0.3 is 25.0 Å². The van der Waals surface area contributed by atoms with Gasteiger partial charge in [0.1, 0.15) is 11.2 Å². The topological polar surface area (TPSA) is 115 Å². The monoisotopic (exact) mass is 667 g/mol. The van der Waals surface area contributed by atoms with Crippen LogP contribution in [0.3, 0.4) is 0 Å². The summed E-state index contributed by atoms with van der Waals surface area (Å²) in [5, 5.41) is 14.8. The Morgan fingerprint density at radius 1 is 1.07 bits per heavy atom. The SMILES string of the molecule is CCN1C(=O)C(C)(C)C(=O)N(C)c2cc(OCCCN(CCNC)Cc3ccncc3)ccc21.Cl.Cl.O=C(O)c1ccsc1. The molecule has 0 aliphatic carbocycles. The maximum Gasteiger partial charge on any atom is 0.336 e. The lowest BCUT2D eigenvalue weighted by atomic mass is 9.90. The van der Waals surface area contributed by atoms with Crippen LogP contribution in [0.1, 0.15) is 43.1 Å². The number of carbonyl (C=O) groups excluding carboxylic acids is 2. The molecule has 0 spiro atoms. The Bertz CT molecular complexity index is 1330. The second-order valence-corrected chi connectivity index (χ2v) is 11.2. The Labute approximate surface area is 276 Å². The Morgan fingerprint density at radius 2 is 1.77 bits per heavy atom. The Hall–Kier alpha value is -3.22. The number of hydrogen-bond donors (Lipinski definition) is 2. The summed E-state index contributed by atoms with van der Waals surface area (Å²) < 4.78 is 6.06. The Kier molecular flexibility index (Phi) is 16.4. The minimum Gasteiger partial charge on any atom is -0.493 e. The number of nitrogens with zero attached hydrogens (tertiary/aromatic N) is 4. The van der Waals surface area contributed by atoms with Crippen molar-refractivity contribution >= 4 is 65.3 Å². The number of likely N-dealkylation sites (N-methyl/N-ethyl adjacent to an activating group) is 1. The number of nitrogens with one attached hydrogen (secondary N) is 1. The number of ether oxygens (including phenoxy) is 1. The van der Waals surface area contributed by atoms with Gasteiger partial charge in [0, 0.05) is 63.6 Å². The Morgan fingerprint density at radius 3 is 2.34 bits per heavy atom. The van der Waals surface area contributed by atoms with E-state index in [9.17, 15) is 14.4 Å². The van der Waals surface area contributed by atoms with Gasteiger partial charge in [-0.05, 0) is 75.5 Å². The number of hydrogen-bond acceptors (Lipinski definition) is 8. The summed E-state index contributed by atoms with van der Waals surface area (Å²) >= 11 is 1.39. The third-order valence-corrected chi connectivity index (χ3v) is 7.71. The number of rotatable bonds is 12. The lowest BCUT2D eigenvalue weighted by molar-refractivity contribution is -0.137. The van der Waals surface area contributed by atoms with Crippen LogP contribution in [-0.2, 0) is 16.1 Å². The van der Waals surface area contributed by atoms with Gasteiger partial charge in [0.2, 0.25) is 11.8 Å². The molecule has 242 valence electrons. The number of halogens is 2. The standard InChI is InChI=1S/C26H37N5O3.C5H4O2S.2ClH/c1-6-31-22-9-8-21(18-23(22)29(5)24(32)26(2,3)25(31)33)34-17-7-15-30(16-14-27-4)19-20-10-12-28-13-11-20;6-5(7)4-1-2-8-3-4;;/h8-13,18,27H,6-7,14-17,19H2,1-5H3;1-3H,(H,6,7);2*1H. The molecule has 0 fully saturated rings. The quantitative estimate of drug-likeness (QED) is 0.200. The fourth-order valence-corrected chi connectivity index (χ4v) is 5.25. The summed E-state index contributed by atoms with van der Waals surface area (Å²) in [7, 11) is 3.68. The van der Waals surface area contributed by atoms with Crippen LogP contribution in [0.2, 0.25) is 0 Å². The zero-order valence-corrected chi connectivity index (χ0v) is 28.3. The lowest BCUT2D eigenvalue weighted by Crippen LogP contribution is -2.47. The first kappa shape index (κ1) is 38.8. The van der Waals surface area contributed by atoms with Gasteiger partial charge in [0.15, 0.2) is 0 Å². The minimum atomic E-state index is -1.11. The number of carboxylic acids is 1. The van der Waals surface area contributed by atoms with Crippen LogP contribution in [0.4, 0.5) is 11.4 Å². The number of carboxylic acid groups (broad SMARTS) is 1. The van der Waals surface area contributed by atoms with E-state index >= 15 is 0 Å². The van der Waals surface area contributed by atoms with Crippen molar-refractivity contribution < 1.29 is 24.2 Å². The van der Waals surface area contributed by atoms with E-state index in [0.29, 0.717) is 30.2 Å². The van der Waals surface area contributed by atoms with E-state index in [1.165, 1.54) is 16.9 Å². The van der Waals surface area contributed by atoms with Gasteiger partial charge in [-0.2, -0.15) is 11.3 Å². The molecule has 0 bridgehead atoms. The predicted octanol–water partition coefficient (Wildman–Crippen LogP) is 5.22. The van der Waals surface area contributed by atoms with Crippen molar-refractivity contribution in [1.29, 1.82) is 0 Å². The molecule has 3 aromatic rings. The molecule has 0 saturated heterocycles. The van der Waals surface area contributed by atoms with Gasteiger partial charge in [-0.1, -0.05) is 0 Å². The molecule has 2 N–H and O–H groups in total. The highest BCUT2D eigenvalue weighted by Gasteiger charge is 2.45. The maximum atomic E-state index is 13.0. The van der Waals surface area contributed by atoms with Crippen LogP contribution in [0.5, 0.6) is 5.75 Å². The molecular formula is C31H43Cl2N5O5S. The third-order valence-electron chi connectivity index (χ3n) is 7.02. The molecule has 10 nitrogen and oxygen atoms in total. The van der Waals surface area contributed by atoms with Crippen molar-refractivity contribution in [2.45, 2.75) is 33.7 Å². The van der Waals surface area contributed by atoms with Crippen molar-refractivity contribution in [2.24, 2.45) is 5.41 Å². The summed E-state index contributed by atoms with van der Waals surface area (Å²) in [6, 6.07) is 11.3.